The molecule has 1 aromatic heterocycles. The molecule has 4 nitrogen and oxygen atoms in total. The number of nitrogens with zero attached hydrogens (tertiary/aromatic N) is 1. The van der Waals surface area contributed by atoms with Gasteiger partial charge in [0.2, 0.25) is 5.88 Å². The average Bonchev–Trinajstić information content (AvgIpc) is 2.88. The van der Waals surface area contributed by atoms with Crippen molar-refractivity contribution in [1.29, 1.82) is 0 Å². The van der Waals surface area contributed by atoms with Gasteiger partial charge in [0, 0.05) is 11.8 Å². The van der Waals surface area contributed by atoms with Crippen molar-refractivity contribution in [2.24, 2.45) is 5.92 Å². The number of ether oxygens (including phenoxy) is 1. The minimum absolute atomic E-state index is 0.560. The number of hydrogen-bond acceptors (Lipinski definition) is 3. The molecule has 0 radical (unpaired) electrons. The predicted octanol–water partition coefficient (Wildman–Crippen LogP) is 3.09. The van der Waals surface area contributed by atoms with Crippen molar-refractivity contribution in [3.8, 4) is 5.88 Å². The van der Waals surface area contributed by atoms with Crippen LogP contribution in [0.15, 0.2) is 30.3 Å². The van der Waals surface area contributed by atoms with E-state index >= 15 is 0 Å². The average molecular weight is 287 g/mol. The van der Waals surface area contributed by atoms with Crippen LogP contribution in [0.1, 0.15) is 30.7 Å². The van der Waals surface area contributed by atoms with Gasteiger partial charge in [0.1, 0.15) is 6.61 Å². The van der Waals surface area contributed by atoms with Crippen LogP contribution in [0.3, 0.4) is 0 Å². The van der Waals surface area contributed by atoms with E-state index in [1.165, 1.54) is 11.1 Å². The molecule has 0 fully saturated rings. The van der Waals surface area contributed by atoms with Crippen molar-refractivity contribution in [2.45, 2.75) is 33.8 Å². The molecule has 0 bridgehead atoms. The number of nitrogens with one attached hydrogen (secondary N) is 2. The smallest absolute Gasteiger partial charge is 0.233 e. The zero-order valence-corrected chi connectivity index (χ0v) is 13.1. The number of hydrogen-bond donors (Lipinski definition) is 2. The molecule has 0 saturated carbocycles. The fourth-order valence-corrected chi connectivity index (χ4v) is 2.17. The summed E-state index contributed by atoms with van der Waals surface area (Å²) in [5.74, 6) is 1.34. The number of aromatic nitrogens is 2. The molecule has 0 unspecified atom stereocenters. The highest BCUT2D eigenvalue weighted by atomic mass is 16.5. The Morgan fingerprint density at radius 1 is 1.24 bits per heavy atom. The lowest BCUT2D eigenvalue weighted by atomic mass is 10.1. The van der Waals surface area contributed by atoms with E-state index < -0.39 is 0 Å². The maximum Gasteiger partial charge on any atom is 0.233 e. The van der Waals surface area contributed by atoms with Gasteiger partial charge in [-0.15, -0.1) is 5.10 Å². The molecule has 0 saturated heterocycles. The van der Waals surface area contributed by atoms with E-state index in [0.717, 1.165) is 25.2 Å². The van der Waals surface area contributed by atoms with Gasteiger partial charge in [-0.05, 0) is 43.5 Å². The second-order valence-corrected chi connectivity index (χ2v) is 5.79. The summed E-state index contributed by atoms with van der Waals surface area (Å²) < 4.78 is 5.74. The Morgan fingerprint density at radius 3 is 2.67 bits per heavy atom. The number of H-pyrrole nitrogens is 1. The third kappa shape index (κ3) is 5.23. The zero-order valence-electron chi connectivity index (χ0n) is 13.1. The first kappa shape index (κ1) is 15.6. The molecular formula is C17H25N3O. The van der Waals surface area contributed by atoms with Crippen LogP contribution >= 0.6 is 0 Å². The Bertz CT molecular complexity index is 548. The van der Waals surface area contributed by atoms with Crippen molar-refractivity contribution in [3.05, 3.63) is 47.2 Å². The first-order chi connectivity index (χ1) is 10.1. The van der Waals surface area contributed by atoms with Crippen molar-refractivity contribution in [2.75, 3.05) is 13.1 Å². The molecule has 2 N–H and O–H groups in total. The maximum atomic E-state index is 5.74. The Labute approximate surface area is 126 Å². The number of rotatable bonds is 8. The molecule has 2 aromatic rings. The normalized spacial score (nSPS) is 11.0. The van der Waals surface area contributed by atoms with Gasteiger partial charge in [-0.2, -0.15) is 0 Å². The monoisotopic (exact) mass is 287 g/mol. The highest BCUT2D eigenvalue weighted by Gasteiger charge is 2.04. The maximum absolute atomic E-state index is 5.74. The van der Waals surface area contributed by atoms with E-state index in [4.69, 9.17) is 4.74 Å². The lowest BCUT2D eigenvalue weighted by Gasteiger charge is -2.11. The van der Waals surface area contributed by atoms with Crippen molar-refractivity contribution < 1.29 is 4.74 Å². The fourth-order valence-electron chi connectivity index (χ4n) is 2.17. The van der Waals surface area contributed by atoms with Gasteiger partial charge in [0.15, 0.2) is 0 Å². The summed E-state index contributed by atoms with van der Waals surface area (Å²) in [4.78, 5) is 0. The molecule has 0 atom stereocenters. The van der Waals surface area contributed by atoms with Crippen LogP contribution in [-0.2, 0) is 13.0 Å². The summed E-state index contributed by atoms with van der Waals surface area (Å²) in [6, 6.07) is 10.3. The zero-order chi connectivity index (χ0) is 15.1. The fraction of sp³-hybridized carbons (Fsp3) is 0.471. The van der Waals surface area contributed by atoms with Crippen molar-refractivity contribution in [3.63, 3.8) is 0 Å². The van der Waals surface area contributed by atoms with Gasteiger partial charge in [0.25, 0.3) is 0 Å². The molecule has 114 valence electrons. The van der Waals surface area contributed by atoms with E-state index in [2.05, 4.69) is 53.6 Å². The largest absolute Gasteiger partial charge is 0.472 e. The molecule has 0 spiro atoms. The summed E-state index contributed by atoms with van der Waals surface area (Å²) in [5.41, 5.74) is 3.57. The van der Waals surface area contributed by atoms with Gasteiger partial charge in [0.05, 0.1) is 0 Å². The molecule has 4 heteroatoms. The molecule has 0 aliphatic carbocycles. The Balaban J connectivity index is 1.87. The van der Waals surface area contributed by atoms with Crippen LogP contribution in [0, 0.1) is 12.8 Å². The third-order valence-corrected chi connectivity index (χ3v) is 3.30. The quantitative estimate of drug-likeness (QED) is 0.734. The molecule has 1 aromatic carbocycles. The van der Waals surface area contributed by atoms with Crippen molar-refractivity contribution in [1.82, 2.24) is 15.5 Å². The third-order valence-electron chi connectivity index (χ3n) is 3.30. The standard InChI is InChI=1S/C17H25N3O/c1-13(2)11-18-9-8-15-6-4-5-7-16(15)12-21-17-10-14(3)19-20-17/h4-7,10,13,18H,8-9,11-12H2,1-3H3,(H,19,20). The number of aryl methyl sites for hydroxylation is 1. The Kier molecular flexibility index (Phi) is 5.81. The Morgan fingerprint density at radius 2 is 2.00 bits per heavy atom. The first-order valence-electron chi connectivity index (χ1n) is 7.57. The molecule has 0 amide bonds. The first-order valence-corrected chi connectivity index (χ1v) is 7.57. The second-order valence-electron chi connectivity index (χ2n) is 5.79. The highest BCUT2D eigenvalue weighted by molar-refractivity contribution is 5.27. The minimum Gasteiger partial charge on any atom is -0.472 e. The van der Waals surface area contributed by atoms with Crippen LogP contribution in [0.2, 0.25) is 0 Å². The van der Waals surface area contributed by atoms with E-state index in [1.54, 1.807) is 0 Å². The van der Waals surface area contributed by atoms with Crippen LogP contribution in [0.25, 0.3) is 0 Å². The summed E-state index contributed by atoms with van der Waals surface area (Å²) >= 11 is 0. The van der Waals surface area contributed by atoms with Crippen LogP contribution < -0.4 is 10.1 Å². The van der Waals surface area contributed by atoms with Crippen LogP contribution in [0.5, 0.6) is 5.88 Å². The molecule has 0 aliphatic heterocycles. The van der Waals surface area contributed by atoms with Gasteiger partial charge >= 0.3 is 0 Å². The molecule has 0 aliphatic rings. The van der Waals surface area contributed by atoms with Crippen molar-refractivity contribution >= 4 is 0 Å². The van der Waals surface area contributed by atoms with Gasteiger partial charge in [-0.1, -0.05) is 38.1 Å². The number of benzene rings is 1. The predicted molar refractivity (Wildman–Crippen MR) is 85.5 cm³/mol. The van der Waals surface area contributed by atoms with E-state index in [0.29, 0.717) is 18.4 Å². The topological polar surface area (TPSA) is 49.9 Å². The summed E-state index contributed by atoms with van der Waals surface area (Å²) in [7, 11) is 0. The number of aromatic amines is 1. The van der Waals surface area contributed by atoms with Crippen LogP contribution in [0.4, 0.5) is 0 Å². The summed E-state index contributed by atoms with van der Waals surface area (Å²) in [6.07, 6.45) is 1.02. The van der Waals surface area contributed by atoms with Gasteiger partial charge in [-0.25, -0.2) is 0 Å². The van der Waals surface area contributed by atoms with E-state index in [9.17, 15) is 0 Å². The summed E-state index contributed by atoms with van der Waals surface area (Å²) in [6.45, 7) is 9.03. The highest BCUT2D eigenvalue weighted by Crippen LogP contribution is 2.14. The summed E-state index contributed by atoms with van der Waals surface area (Å²) in [5, 5.41) is 10.5. The van der Waals surface area contributed by atoms with E-state index in [-0.39, 0.29) is 0 Å². The molecule has 2 rings (SSSR count). The lowest BCUT2D eigenvalue weighted by Crippen LogP contribution is -2.22. The second kappa shape index (κ2) is 7.84. The van der Waals surface area contributed by atoms with Crippen LogP contribution in [-0.4, -0.2) is 23.3 Å². The Hall–Kier alpha value is -1.81. The molecular weight excluding hydrogens is 262 g/mol. The lowest BCUT2D eigenvalue weighted by molar-refractivity contribution is 0.292. The minimum atomic E-state index is 0.560. The molecule has 1 heterocycles. The van der Waals surface area contributed by atoms with Gasteiger partial charge < -0.3 is 10.1 Å². The van der Waals surface area contributed by atoms with Gasteiger partial charge in [-0.3, -0.25) is 5.10 Å². The molecule has 21 heavy (non-hydrogen) atoms. The van der Waals surface area contributed by atoms with E-state index in [1.807, 2.05) is 13.0 Å². The SMILES string of the molecule is Cc1cc(OCc2ccccc2CCNCC(C)C)n[nH]1.